The first kappa shape index (κ1) is 13.5. The Morgan fingerprint density at radius 2 is 2.21 bits per heavy atom. The molecule has 2 rings (SSSR count). The van der Waals surface area contributed by atoms with Crippen molar-refractivity contribution in [2.24, 2.45) is 5.16 Å². The van der Waals surface area contributed by atoms with E-state index in [2.05, 4.69) is 10.5 Å². The fourth-order valence-electron chi connectivity index (χ4n) is 1.77. The highest BCUT2D eigenvalue weighted by atomic mass is 19.1. The summed E-state index contributed by atoms with van der Waals surface area (Å²) in [5.74, 6) is -0.454. The predicted octanol–water partition coefficient (Wildman–Crippen LogP) is 2.23. The third kappa shape index (κ3) is 3.30. The van der Waals surface area contributed by atoms with Crippen molar-refractivity contribution in [2.45, 2.75) is 38.8 Å². The van der Waals surface area contributed by atoms with Crippen molar-refractivity contribution in [2.75, 3.05) is 0 Å². The Labute approximate surface area is 111 Å². The van der Waals surface area contributed by atoms with Crippen LogP contribution in [0.5, 0.6) is 0 Å². The highest BCUT2D eigenvalue weighted by Gasteiger charge is 2.29. The summed E-state index contributed by atoms with van der Waals surface area (Å²) in [4.78, 5) is 17.0. The van der Waals surface area contributed by atoms with Crippen molar-refractivity contribution >= 4 is 11.6 Å². The van der Waals surface area contributed by atoms with Gasteiger partial charge >= 0.3 is 0 Å². The van der Waals surface area contributed by atoms with Gasteiger partial charge in [-0.15, -0.1) is 0 Å². The lowest BCUT2D eigenvalue weighted by molar-refractivity contribution is -0.131. The van der Waals surface area contributed by atoms with E-state index >= 15 is 0 Å². The predicted molar refractivity (Wildman–Crippen MR) is 70.3 cm³/mol. The van der Waals surface area contributed by atoms with Gasteiger partial charge in [0.05, 0.1) is 5.71 Å². The minimum Gasteiger partial charge on any atom is -0.382 e. The van der Waals surface area contributed by atoms with E-state index in [4.69, 9.17) is 4.84 Å². The first-order valence-electron chi connectivity index (χ1n) is 6.39. The Kier molecular flexibility index (Phi) is 4.14. The van der Waals surface area contributed by atoms with Crippen LogP contribution in [0.1, 0.15) is 32.3 Å². The van der Waals surface area contributed by atoms with Gasteiger partial charge in [0, 0.05) is 12.5 Å². The zero-order chi connectivity index (χ0) is 13.8. The number of carbonyl (C=O) groups is 1. The average Bonchev–Trinajstić information content (AvgIpc) is 2.89. The minimum atomic E-state index is -0.589. The van der Waals surface area contributed by atoms with Crippen LogP contribution in [0.3, 0.4) is 0 Å². The summed E-state index contributed by atoms with van der Waals surface area (Å²) in [5.41, 5.74) is 1.45. The molecule has 0 bridgehead atoms. The molecule has 2 atom stereocenters. The summed E-state index contributed by atoms with van der Waals surface area (Å²) in [6.45, 7) is 3.94. The topological polar surface area (TPSA) is 50.7 Å². The molecule has 5 heteroatoms. The van der Waals surface area contributed by atoms with Crippen LogP contribution in [-0.4, -0.2) is 23.8 Å². The van der Waals surface area contributed by atoms with Gasteiger partial charge in [-0.3, -0.25) is 4.79 Å². The van der Waals surface area contributed by atoms with Crippen LogP contribution in [0.15, 0.2) is 29.4 Å². The van der Waals surface area contributed by atoms with Crippen LogP contribution in [0.2, 0.25) is 0 Å². The van der Waals surface area contributed by atoms with Crippen LogP contribution in [0.25, 0.3) is 0 Å². The molecule has 4 nitrogen and oxygen atoms in total. The van der Waals surface area contributed by atoms with E-state index in [-0.39, 0.29) is 17.8 Å². The SMILES string of the molecule is CCC(C)NC(=O)C1CC(c2ccc(F)cc2)=NO1. The summed E-state index contributed by atoms with van der Waals surface area (Å²) in [5, 5.41) is 6.76. The summed E-state index contributed by atoms with van der Waals surface area (Å²) in [6.07, 6.45) is 0.687. The van der Waals surface area contributed by atoms with Crippen LogP contribution < -0.4 is 5.32 Å². The molecule has 0 aliphatic carbocycles. The van der Waals surface area contributed by atoms with E-state index in [0.717, 1.165) is 12.0 Å². The quantitative estimate of drug-likeness (QED) is 0.906. The Morgan fingerprint density at radius 3 is 2.84 bits per heavy atom. The number of halogens is 1. The molecule has 1 aliphatic heterocycles. The molecule has 0 saturated carbocycles. The molecule has 2 unspecified atom stereocenters. The van der Waals surface area contributed by atoms with Gasteiger partial charge in [0.15, 0.2) is 0 Å². The van der Waals surface area contributed by atoms with Crippen LogP contribution >= 0.6 is 0 Å². The molecule has 1 N–H and O–H groups in total. The van der Waals surface area contributed by atoms with Gasteiger partial charge in [-0.25, -0.2) is 4.39 Å². The maximum absolute atomic E-state index is 12.8. The Balaban J connectivity index is 1.95. The molecular weight excluding hydrogens is 247 g/mol. The number of hydrogen-bond donors (Lipinski definition) is 1. The lowest BCUT2D eigenvalue weighted by Gasteiger charge is -2.14. The van der Waals surface area contributed by atoms with E-state index in [1.54, 1.807) is 12.1 Å². The number of carbonyl (C=O) groups excluding carboxylic acids is 1. The third-order valence-electron chi connectivity index (χ3n) is 3.14. The molecule has 102 valence electrons. The molecule has 1 aromatic rings. The second kappa shape index (κ2) is 5.82. The maximum atomic E-state index is 12.8. The highest BCUT2D eigenvalue weighted by Crippen LogP contribution is 2.17. The Morgan fingerprint density at radius 1 is 1.53 bits per heavy atom. The van der Waals surface area contributed by atoms with E-state index in [0.29, 0.717) is 12.1 Å². The average molecular weight is 264 g/mol. The zero-order valence-electron chi connectivity index (χ0n) is 11.0. The second-order valence-electron chi connectivity index (χ2n) is 4.66. The molecule has 1 heterocycles. The minimum absolute atomic E-state index is 0.117. The number of rotatable bonds is 4. The van der Waals surface area contributed by atoms with Crippen molar-refractivity contribution in [3.05, 3.63) is 35.6 Å². The van der Waals surface area contributed by atoms with Gasteiger partial charge in [-0.1, -0.05) is 24.2 Å². The summed E-state index contributed by atoms with van der Waals surface area (Å²) >= 11 is 0. The molecule has 19 heavy (non-hydrogen) atoms. The fourth-order valence-corrected chi connectivity index (χ4v) is 1.77. The van der Waals surface area contributed by atoms with Crippen LogP contribution in [0, 0.1) is 5.82 Å². The molecule has 1 aromatic carbocycles. The third-order valence-corrected chi connectivity index (χ3v) is 3.14. The van der Waals surface area contributed by atoms with Gasteiger partial charge in [0.2, 0.25) is 6.10 Å². The second-order valence-corrected chi connectivity index (χ2v) is 4.66. The maximum Gasteiger partial charge on any atom is 0.264 e. The zero-order valence-corrected chi connectivity index (χ0v) is 11.0. The van der Waals surface area contributed by atoms with E-state index in [9.17, 15) is 9.18 Å². The van der Waals surface area contributed by atoms with Gasteiger partial charge in [-0.05, 0) is 31.0 Å². The van der Waals surface area contributed by atoms with Crippen molar-refractivity contribution in [3.8, 4) is 0 Å². The first-order chi connectivity index (χ1) is 9.10. The lowest BCUT2D eigenvalue weighted by atomic mass is 10.0. The smallest absolute Gasteiger partial charge is 0.264 e. The molecule has 0 radical (unpaired) electrons. The molecule has 1 amide bonds. The van der Waals surface area contributed by atoms with Crippen LogP contribution in [-0.2, 0) is 9.63 Å². The fraction of sp³-hybridized carbons (Fsp3) is 0.429. The van der Waals surface area contributed by atoms with E-state index in [1.807, 2.05) is 13.8 Å². The molecule has 0 aromatic heterocycles. The largest absolute Gasteiger partial charge is 0.382 e. The first-order valence-corrected chi connectivity index (χ1v) is 6.39. The Bertz CT molecular complexity index is 485. The molecular formula is C14H17FN2O2. The summed E-state index contributed by atoms with van der Waals surface area (Å²) in [7, 11) is 0. The summed E-state index contributed by atoms with van der Waals surface area (Å²) in [6, 6.07) is 6.11. The normalized spacial score (nSPS) is 19.5. The van der Waals surface area contributed by atoms with Gasteiger partial charge in [-0.2, -0.15) is 0 Å². The number of hydrogen-bond acceptors (Lipinski definition) is 3. The number of amides is 1. The molecule has 0 fully saturated rings. The molecule has 0 saturated heterocycles. The number of oxime groups is 1. The van der Waals surface area contributed by atoms with Crippen LogP contribution in [0.4, 0.5) is 4.39 Å². The number of nitrogens with one attached hydrogen (secondary N) is 1. The molecule has 0 spiro atoms. The van der Waals surface area contributed by atoms with Gasteiger partial charge in [0.25, 0.3) is 5.91 Å². The number of benzene rings is 1. The molecule has 1 aliphatic rings. The summed E-state index contributed by atoms with van der Waals surface area (Å²) < 4.78 is 12.8. The van der Waals surface area contributed by atoms with E-state index < -0.39 is 6.10 Å². The van der Waals surface area contributed by atoms with Crippen molar-refractivity contribution < 1.29 is 14.0 Å². The standard InChI is InChI=1S/C14H17FN2O2/c1-3-9(2)16-14(18)13-8-12(17-19-13)10-4-6-11(15)7-5-10/h4-7,9,13H,3,8H2,1-2H3,(H,16,18). The monoisotopic (exact) mass is 264 g/mol. The van der Waals surface area contributed by atoms with Gasteiger partial charge < -0.3 is 10.2 Å². The highest BCUT2D eigenvalue weighted by molar-refractivity contribution is 6.04. The number of nitrogens with zero attached hydrogens (tertiary/aromatic N) is 1. The van der Waals surface area contributed by atoms with Gasteiger partial charge in [0.1, 0.15) is 5.82 Å². The van der Waals surface area contributed by atoms with Crippen molar-refractivity contribution in [1.82, 2.24) is 5.32 Å². The Hall–Kier alpha value is -1.91. The lowest BCUT2D eigenvalue weighted by Crippen LogP contribution is -2.39. The van der Waals surface area contributed by atoms with E-state index in [1.165, 1.54) is 12.1 Å². The van der Waals surface area contributed by atoms with Crippen molar-refractivity contribution in [1.29, 1.82) is 0 Å². The van der Waals surface area contributed by atoms with Crippen molar-refractivity contribution in [3.63, 3.8) is 0 Å².